The van der Waals surface area contributed by atoms with Crippen LogP contribution < -0.4 is 0 Å². The maximum atomic E-state index is 12.1. The first-order valence-electron chi connectivity index (χ1n) is 7.67. The Morgan fingerprint density at radius 3 is 2.50 bits per heavy atom. The lowest BCUT2D eigenvalue weighted by atomic mass is 10.1. The molecule has 0 amide bonds. The minimum Gasteiger partial charge on any atom is -0.452 e. The summed E-state index contributed by atoms with van der Waals surface area (Å²) in [5, 5.41) is 3.95. The Balaban J connectivity index is 1.69. The van der Waals surface area contributed by atoms with Crippen LogP contribution in [0.1, 0.15) is 32.9 Å². The first-order valence-corrected chi connectivity index (χ1v) is 7.67. The van der Waals surface area contributed by atoms with Gasteiger partial charge in [-0.2, -0.15) is 4.98 Å². The number of benzene rings is 2. The minimum absolute atomic E-state index is 0.0509. The van der Waals surface area contributed by atoms with Gasteiger partial charge in [0.1, 0.15) is 0 Å². The second kappa shape index (κ2) is 6.66. The summed E-state index contributed by atoms with van der Waals surface area (Å²) in [4.78, 5) is 16.4. The van der Waals surface area contributed by atoms with Crippen molar-refractivity contribution in [1.29, 1.82) is 0 Å². The third-order valence-corrected chi connectivity index (χ3v) is 3.64. The number of ether oxygens (including phenoxy) is 1. The zero-order chi connectivity index (χ0) is 17.1. The maximum absolute atomic E-state index is 12.1. The molecule has 0 aliphatic carbocycles. The van der Waals surface area contributed by atoms with Crippen LogP contribution in [-0.4, -0.2) is 16.1 Å². The van der Waals surface area contributed by atoms with Crippen LogP contribution in [0.2, 0.25) is 0 Å². The summed E-state index contributed by atoms with van der Waals surface area (Å²) in [6.07, 6.45) is 0. The molecule has 0 aliphatic rings. The van der Waals surface area contributed by atoms with Gasteiger partial charge in [0.05, 0.1) is 5.56 Å². The fraction of sp³-hybridized carbons (Fsp3) is 0.211. The van der Waals surface area contributed by atoms with Gasteiger partial charge in [0.15, 0.2) is 6.61 Å². The SMILES string of the molecule is Cc1cc(C)cc(C(=O)OCc2nc(-c3ccccc3C)no2)c1. The molecule has 122 valence electrons. The zero-order valence-corrected chi connectivity index (χ0v) is 13.9. The molecule has 1 heterocycles. The van der Waals surface area contributed by atoms with Crippen molar-refractivity contribution >= 4 is 5.97 Å². The van der Waals surface area contributed by atoms with Crippen LogP contribution in [0, 0.1) is 20.8 Å². The van der Waals surface area contributed by atoms with Gasteiger partial charge in [0.25, 0.3) is 5.89 Å². The van der Waals surface area contributed by atoms with Gasteiger partial charge in [-0.05, 0) is 38.5 Å². The Hall–Kier alpha value is -2.95. The highest BCUT2D eigenvalue weighted by molar-refractivity contribution is 5.89. The Kier molecular flexibility index (Phi) is 4.42. The Labute approximate surface area is 140 Å². The molecule has 5 nitrogen and oxygen atoms in total. The van der Waals surface area contributed by atoms with E-state index in [2.05, 4.69) is 10.1 Å². The number of carbonyl (C=O) groups excluding carboxylic acids is 1. The van der Waals surface area contributed by atoms with Crippen LogP contribution in [-0.2, 0) is 11.3 Å². The van der Waals surface area contributed by atoms with Gasteiger partial charge in [0.2, 0.25) is 5.82 Å². The lowest BCUT2D eigenvalue weighted by molar-refractivity contribution is 0.0429. The van der Waals surface area contributed by atoms with E-state index >= 15 is 0 Å². The molecule has 3 aromatic rings. The molecule has 0 radical (unpaired) electrons. The highest BCUT2D eigenvalue weighted by Crippen LogP contribution is 2.20. The van der Waals surface area contributed by atoms with Crippen molar-refractivity contribution in [3.63, 3.8) is 0 Å². The number of rotatable bonds is 4. The monoisotopic (exact) mass is 322 g/mol. The van der Waals surface area contributed by atoms with E-state index in [1.807, 2.05) is 51.1 Å². The normalized spacial score (nSPS) is 10.6. The molecule has 0 unspecified atom stereocenters. The number of hydrogen-bond acceptors (Lipinski definition) is 5. The maximum Gasteiger partial charge on any atom is 0.338 e. The molecule has 0 saturated heterocycles. The second-order valence-electron chi connectivity index (χ2n) is 5.78. The number of nitrogens with zero attached hydrogens (tertiary/aromatic N) is 2. The second-order valence-corrected chi connectivity index (χ2v) is 5.78. The summed E-state index contributed by atoms with van der Waals surface area (Å²) in [7, 11) is 0. The van der Waals surface area contributed by atoms with E-state index in [9.17, 15) is 4.79 Å². The lowest BCUT2D eigenvalue weighted by Crippen LogP contribution is -2.06. The first-order chi connectivity index (χ1) is 11.5. The summed E-state index contributed by atoms with van der Waals surface area (Å²) >= 11 is 0. The van der Waals surface area contributed by atoms with Gasteiger partial charge in [0, 0.05) is 5.56 Å². The van der Waals surface area contributed by atoms with Crippen molar-refractivity contribution in [3.8, 4) is 11.4 Å². The molecule has 2 aromatic carbocycles. The topological polar surface area (TPSA) is 65.2 Å². The smallest absolute Gasteiger partial charge is 0.338 e. The average molecular weight is 322 g/mol. The summed E-state index contributed by atoms with van der Waals surface area (Å²) < 4.78 is 10.4. The summed E-state index contributed by atoms with van der Waals surface area (Å²) in [5.41, 5.74) is 4.50. The highest BCUT2D eigenvalue weighted by atomic mass is 16.6. The number of esters is 1. The predicted molar refractivity (Wildman–Crippen MR) is 89.5 cm³/mol. The number of aryl methyl sites for hydroxylation is 3. The molecule has 0 spiro atoms. The third kappa shape index (κ3) is 3.51. The Morgan fingerprint density at radius 1 is 1.08 bits per heavy atom. The standard InChI is InChI=1S/C19H18N2O3/c1-12-8-13(2)10-15(9-12)19(22)23-11-17-20-18(21-24-17)16-7-5-4-6-14(16)3/h4-10H,11H2,1-3H3. The van der Waals surface area contributed by atoms with Crippen molar-refractivity contribution in [2.75, 3.05) is 0 Å². The number of hydrogen-bond donors (Lipinski definition) is 0. The molecule has 0 saturated carbocycles. The predicted octanol–water partition coefficient (Wildman–Crippen LogP) is 4.02. The molecule has 0 fully saturated rings. The van der Waals surface area contributed by atoms with E-state index in [0.717, 1.165) is 22.3 Å². The molecule has 3 rings (SSSR count). The average Bonchev–Trinajstić information content (AvgIpc) is 3.01. The zero-order valence-electron chi connectivity index (χ0n) is 13.9. The molecule has 0 atom stereocenters. The summed E-state index contributed by atoms with van der Waals surface area (Å²) in [6, 6.07) is 13.4. The first kappa shape index (κ1) is 15.9. The highest BCUT2D eigenvalue weighted by Gasteiger charge is 2.14. The van der Waals surface area contributed by atoms with Gasteiger partial charge >= 0.3 is 5.97 Å². The van der Waals surface area contributed by atoms with Crippen LogP contribution >= 0.6 is 0 Å². The quantitative estimate of drug-likeness (QED) is 0.679. The van der Waals surface area contributed by atoms with Gasteiger partial charge in [-0.1, -0.05) is 46.6 Å². The molecular weight excluding hydrogens is 304 g/mol. The fourth-order valence-electron chi connectivity index (χ4n) is 2.55. The summed E-state index contributed by atoms with van der Waals surface area (Å²) in [5.74, 6) is 0.356. The van der Waals surface area contributed by atoms with Crippen molar-refractivity contribution in [3.05, 3.63) is 70.6 Å². The van der Waals surface area contributed by atoms with Crippen molar-refractivity contribution in [2.45, 2.75) is 27.4 Å². The van der Waals surface area contributed by atoms with E-state index in [1.54, 1.807) is 12.1 Å². The van der Waals surface area contributed by atoms with Gasteiger partial charge in [-0.3, -0.25) is 0 Å². The molecule has 1 aromatic heterocycles. The lowest BCUT2D eigenvalue weighted by Gasteiger charge is -2.04. The van der Waals surface area contributed by atoms with E-state index < -0.39 is 5.97 Å². The van der Waals surface area contributed by atoms with Crippen molar-refractivity contribution in [2.24, 2.45) is 0 Å². The van der Waals surface area contributed by atoms with E-state index in [4.69, 9.17) is 9.26 Å². The van der Waals surface area contributed by atoms with Gasteiger partial charge in [-0.25, -0.2) is 4.79 Å². The van der Waals surface area contributed by atoms with E-state index in [0.29, 0.717) is 11.4 Å². The number of carbonyl (C=O) groups is 1. The van der Waals surface area contributed by atoms with Crippen LogP contribution in [0.15, 0.2) is 47.0 Å². The van der Waals surface area contributed by atoms with Crippen LogP contribution in [0.25, 0.3) is 11.4 Å². The molecule has 24 heavy (non-hydrogen) atoms. The molecule has 0 N–H and O–H groups in total. The largest absolute Gasteiger partial charge is 0.452 e. The van der Waals surface area contributed by atoms with E-state index in [-0.39, 0.29) is 12.5 Å². The molecular formula is C19H18N2O3. The van der Waals surface area contributed by atoms with Crippen LogP contribution in [0.4, 0.5) is 0 Å². The minimum atomic E-state index is -0.405. The molecule has 0 aliphatic heterocycles. The Bertz CT molecular complexity index is 864. The Morgan fingerprint density at radius 2 is 1.79 bits per heavy atom. The van der Waals surface area contributed by atoms with Gasteiger partial charge in [-0.15, -0.1) is 0 Å². The van der Waals surface area contributed by atoms with Crippen LogP contribution in [0.3, 0.4) is 0 Å². The van der Waals surface area contributed by atoms with E-state index in [1.165, 1.54) is 0 Å². The molecule has 0 bridgehead atoms. The molecule has 5 heteroatoms. The van der Waals surface area contributed by atoms with Crippen molar-refractivity contribution < 1.29 is 14.1 Å². The van der Waals surface area contributed by atoms with Crippen molar-refractivity contribution in [1.82, 2.24) is 10.1 Å². The van der Waals surface area contributed by atoms with Crippen LogP contribution in [0.5, 0.6) is 0 Å². The fourth-order valence-corrected chi connectivity index (χ4v) is 2.55. The third-order valence-electron chi connectivity index (χ3n) is 3.64. The van der Waals surface area contributed by atoms with Gasteiger partial charge < -0.3 is 9.26 Å². The number of aromatic nitrogens is 2. The summed E-state index contributed by atoms with van der Waals surface area (Å²) in [6.45, 7) is 5.81.